The Morgan fingerprint density at radius 1 is 0.914 bits per heavy atom. The van der Waals surface area contributed by atoms with E-state index in [4.69, 9.17) is 11.5 Å². The molecule has 3 aromatic rings. The third-order valence-corrected chi connectivity index (χ3v) is 7.82. The lowest BCUT2D eigenvalue weighted by Crippen LogP contribution is -2.46. The Balaban J connectivity index is 1.54. The molecule has 1 aliphatic rings. The number of amides is 1. The SMILES string of the molecule is CN1CCN(CCNS(=O)(=O)c2ccc(-c3cc(-c4ccccc4)cc(C(N)=O)c3N)cc2)CC1. The number of hydrogen-bond acceptors (Lipinski definition) is 6. The number of benzene rings is 3. The lowest BCUT2D eigenvalue weighted by atomic mass is 9.94. The van der Waals surface area contributed by atoms with Crippen LogP contribution in [0.3, 0.4) is 0 Å². The van der Waals surface area contributed by atoms with Gasteiger partial charge in [-0.05, 0) is 48.0 Å². The second-order valence-corrected chi connectivity index (χ2v) is 10.5. The maximum atomic E-state index is 12.8. The monoisotopic (exact) mass is 493 g/mol. The van der Waals surface area contributed by atoms with Crippen molar-refractivity contribution >= 4 is 21.6 Å². The first kappa shape index (κ1) is 24.9. The number of nitrogens with zero attached hydrogens (tertiary/aromatic N) is 2. The zero-order valence-electron chi connectivity index (χ0n) is 19.8. The van der Waals surface area contributed by atoms with E-state index in [0.717, 1.165) is 37.3 Å². The highest BCUT2D eigenvalue weighted by molar-refractivity contribution is 7.89. The minimum atomic E-state index is -3.65. The molecule has 0 atom stereocenters. The number of nitrogen functional groups attached to an aromatic ring is 1. The third kappa shape index (κ3) is 5.88. The van der Waals surface area contributed by atoms with Gasteiger partial charge in [0.1, 0.15) is 0 Å². The molecule has 0 radical (unpaired) electrons. The van der Waals surface area contributed by atoms with Gasteiger partial charge in [-0.1, -0.05) is 42.5 Å². The second-order valence-electron chi connectivity index (χ2n) is 8.78. The molecule has 1 heterocycles. The van der Waals surface area contributed by atoms with Gasteiger partial charge in [-0.3, -0.25) is 9.69 Å². The molecule has 0 aromatic heterocycles. The molecule has 1 saturated heterocycles. The highest BCUT2D eigenvalue weighted by Gasteiger charge is 2.18. The molecule has 35 heavy (non-hydrogen) atoms. The van der Waals surface area contributed by atoms with Crippen LogP contribution in [0.2, 0.25) is 0 Å². The average Bonchev–Trinajstić information content (AvgIpc) is 2.86. The van der Waals surface area contributed by atoms with Crippen LogP contribution in [0.1, 0.15) is 10.4 Å². The van der Waals surface area contributed by atoms with Crippen molar-refractivity contribution in [3.05, 3.63) is 72.3 Å². The molecule has 1 amide bonds. The van der Waals surface area contributed by atoms with Crippen LogP contribution in [0, 0.1) is 0 Å². The van der Waals surface area contributed by atoms with Gasteiger partial charge in [0, 0.05) is 44.8 Å². The van der Waals surface area contributed by atoms with Crippen molar-refractivity contribution in [3.8, 4) is 22.3 Å². The number of piperazine rings is 1. The molecule has 1 fully saturated rings. The topological polar surface area (TPSA) is 122 Å². The third-order valence-electron chi connectivity index (χ3n) is 6.34. The summed E-state index contributed by atoms with van der Waals surface area (Å²) in [5, 5.41) is 0. The van der Waals surface area contributed by atoms with Gasteiger partial charge in [0.15, 0.2) is 0 Å². The van der Waals surface area contributed by atoms with Crippen molar-refractivity contribution < 1.29 is 13.2 Å². The zero-order valence-corrected chi connectivity index (χ0v) is 20.6. The zero-order chi connectivity index (χ0) is 25.0. The number of anilines is 1. The molecule has 4 rings (SSSR count). The fourth-order valence-electron chi connectivity index (χ4n) is 4.20. The number of likely N-dealkylation sites (N-methyl/N-ethyl adjacent to an activating group) is 1. The molecule has 1 aliphatic heterocycles. The molecule has 9 heteroatoms. The Morgan fingerprint density at radius 3 is 2.20 bits per heavy atom. The lowest BCUT2D eigenvalue weighted by Gasteiger charge is -2.32. The molecular weight excluding hydrogens is 462 g/mol. The number of sulfonamides is 1. The summed E-state index contributed by atoms with van der Waals surface area (Å²) in [5.41, 5.74) is 15.4. The van der Waals surface area contributed by atoms with E-state index in [9.17, 15) is 13.2 Å². The van der Waals surface area contributed by atoms with Gasteiger partial charge in [0.2, 0.25) is 10.0 Å². The van der Waals surface area contributed by atoms with Crippen LogP contribution in [0.25, 0.3) is 22.3 Å². The smallest absolute Gasteiger partial charge is 0.250 e. The highest BCUT2D eigenvalue weighted by Crippen LogP contribution is 2.34. The Hall–Kier alpha value is -3.24. The van der Waals surface area contributed by atoms with E-state index in [2.05, 4.69) is 21.6 Å². The van der Waals surface area contributed by atoms with Gasteiger partial charge in [-0.25, -0.2) is 13.1 Å². The fourth-order valence-corrected chi connectivity index (χ4v) is 5.22. The van der Waals surface area contributed by atoms with Gasteiger partial charge >= 0.3 is 0 Å². The Labute approximate surface area is 206 Å². The highest BCUT2D eigenvalue weighted by atomic mass is 32.2. The molecule has 0 bridgehead atoms. The van der Waals surface area contributed by atoms with E-state index in [-0.39, 0.29) is 16.1 Å². The van der Waals surface area contributed by atoms with Crippen molar-refractivity contribution in [2.45, 2.75) is 4.90 Å². The van der Waals surface area contributed by atoms with Crippen molar-refractivity contribution in [2.24, 2.45) is 5.73 Å². The van der Waals surface area contributed by atoms with E-state index in [1.165, 1.54) is 0 Å². The van der Waals surface area contributed by atoms with Crippen molar-refractivity contribution in [2.75, 3.05) is 52.0 Å². The van der Waals surface area contributed by atoms with Crippen LogP contribution < -0.4 is 16.2 Å². The molecule has 3 aromatic carbocycles. The summed E-state index contributed by atoms with van der Waals surface area (Å²) in [5.74, 6) is -0.620. The van der Waals surface area contributed by atoms with Gasteiger partial charge < -0.3 is 16.4 Å². The van der Waals surface area contributed by atoms with Crippen LogP contribution in [0.15, 0.2) is 71.6 Å². The van der Waals surface area contributed by atoms with Crippen LogP contribution in [0.4, 0.5) is 5.69 Å². The molecular formula is C26H31N5O3S. The van der Waals surface area contributed by atoms with Gasteiger partial charge in [0.05, 0.1) is 16.1 Å². The summed E-state index contributed by atoms with van der Waals surface area (Å²) in [6.45, 7) is 4.86. The number of primary amides is 1. The second kappa shape index (κ2) is 10.6. The van der Waals surface area contributed by atoms with Crippen LogP contribution in [-0.4, -0.2) is 70.4 Å². The lowest BCUT2D eigenvalue weighted by molar-refractivity contribution is 0.100. The Morgan fingerprint density at radius 2 is 1.57 bits per heavy atom. The molecule has 0 unspecified atom stereocenters. The molecule has 0 saturated carbocycles. The summed E-state index contributed by atoms with van der Waals surface area (Å²) >= 11 is 0. The van der Waals surface area contributed by atoms with Crippen LogP contribution in [-0.2, 0) is 10.0 Å². The maximum absolute atomic E-state index is 12.8. The number of nitrogens with two attached hydrogens (primary N) is 2. The van der Waals surface area contributed by atoms with Gasteiger partial charge in [-0.15, -0.1) is 0 Å². The summed E-state index contributed by atoms with van der Waals surface area (Å²) in [6.07, 6.45) is 0. The predicted octanol–water partition coefficient (Wildman–Crippen LogP) is 2.23. The van der Waals surface area contributed by atoms with Crippen molar-refractivity contribution in [3.63, 3.8) is 0 Å². The number of carbonyl (C=O) groups excluding carboxylic acids is 1. The van der Waals surface area contributed by atoms with E-state index in [1.54, 1.807) is 30.3 Å². The molecule has 8 nitrogen and oxygen atoms in total. The molecule has 5 N–H and O–H groups in total. The first-order valence-electron chi connectivity index (χ1n) is 11.5. The molecule has 0 spiro atoms. The number of hydrogen-bond donors (Lipinski definition) is 3. The summed E-state index contributed by atoms with van der Waals surface area (Å²) in [7, 11) is -1.56. The van der Waals surface area contributed by atoms with E-state index in [0.29, 0.717) is 24.2 Å². The average molecular weight is 494 g/mol. The minimum absolute atomic E-state index is 0.174. The quantitative estimate of drug-likeness (QED) is 0.414. The van der Waals surface area contributed by atoms with Crippen LogP contribution in [0.5, 0.6) is 0 Å². The fraction of sp³-hybridized carbons (Fsp3) is 0.269. The Bertz CT molecular complexity index is 1290. The summed E-state index contributed by atoms with van der Waals surface area (Å²) in [6, 6.07) is 19.6. The molecule has 184 valence electrons. The number of nitrogens with one attached hydrogen (secondary N) is 1. The molecule has 0 aliphatic carbocycles. The largest absolute Gasteiger partial charge is 0.398 e. The van der Waals surface area contributed by atoms with Gasteiger partial charge in [0.25, 0.3) is 5.91 Å². The van der Waals surface area contributed by atoms with Gasteiger partial charge in [-0.2, -0.15) is 0 Å². The minimum Gasteiger partial charge on any atom is -0.398 e. The standard InChI is InChI=1S/C26H31N5O3S/c1-30-13-15-31(16-14-30)12-11-29-35(33,34)22-9-7-20(8-10-22)23-17-21(19-5-3-2-4-6-19)18-24(25(23)27)26(28)32/h2-10,17-18,29H,11-16,27H2,1H3,(H2,28,32). The van der Waals surface area contributed by atoms with E-state index < -0.39 is 15.9 Å². The predicted molar refractivity (Wildman–Crippen MR) is 139 cm³/mol. The van der Waals surface area contributed by atoms with E-state index >= 15 is 0 Å². The van der Waals surface area contributed by atoms with E-state index in [1.807, 2.05) is 36.4 Å². The van der Waals surface area contributed by atoms with Crippen LogP contribution >= 0.6 is 0 Å². The normalized spacial score (nSPS) is 15.2. The van der Waals surface area contributed by atoms with Crippen molar-refractivity contribution in [1.82, 2.24) is 14.5 Å². The van der Waals surface area contributed by atoms with Crippen molar-refractivity contribution in [1.29, 1.82) is 0 Å². The number of rotatable bonds is 8. The maximum Gasteiger partial charge on any atom is 0.250 e. The Kier molecular flexibility index (Phi) is 7.51. The summed E-state index contributed by atoms with van der Waals surface area (Å²) in [4.78, 5) is 16.7. The first-order chi connectivity index (χ1) is 16.7. The number of carbonyl (C=O) groups is 1. The summed E-state index contributed by atoms with van der Waals surface area (Å²) < 4.78 is 28.3. The first-order valence-corrected chi connectivity index (χ1v) is 13.0.